The quantitative estimate of drug-likeness (QED) is 0.263. The second-order valence-electron chi connectivity index (χ2n) is 9.73. The third kappa shape index (κ3) is 5.95. The molecule has 0 bridgehead atoms. The van der Waals surface area contributed by atoms with E-state index in [2.05, 4.69) is 4.98 Å². The molecular weight excluding hydrogens is 496 g/mol. The van der Waals surface area contributed by atoms with Crippen LogP contribution in [0.1, 0.15) is 35.4 Å². The molecule has 0 unspecified atom stereocenters. The number of ether oxygens (including phenoxy) is 2. The van der Waals surface area contributed by atoms with Crippen LogP contribution in [0, 0.1) is 13.8 Å². The van der Waals surface area contributed by atoms with Crippen LogP contribution in [-0.4, -0.2) is 39.2 Å². The lowest BCUT2D eigenvalue weighted by Crippen LogP contribution is -2.48. The minimum absolute atomic E-state index is 0.109. The van der Waals surface area contributed by atoms with Gasteiger partial charge in [0.05, 0.1) is 18.8 Å². The molecule has 1 N–H and O–H groups in total. The number of nitrogens with zero attached hydrogens (tertiary/aromatic N) is 2. The fourth-order valence-electron chi connectivity index (χ4n) is 4.37. The van der Waals surface area contributed by atoms with E-state index in [0.29, 0.717) is 43.3 Å². The smallest absolute Gasteiger partial charge is 0.416 e. The van der Waals surface area contributed by atoms with E-state index < -0.39 is 17.6 Å². The number of aryl methyl sites for hydroxylation is 2. The Morgan fingerprint density at radius 2 is 1.62 bits per heavy atom. The first-order chi connectivity index (χ1) is 18.8. The maximum Gasteiger partial charge on any atom is 0.416 e. The van der Waals surface area contributed by atoms with E-state index in [1.54, 1.807) is 12.1 Å². The normalized spacial score (nSPS) is 13.5. The van der Waals surface area contributed by atoms with Gasteiger partial charge in [-0.2, -0.15) is 0 Å². The highest BCUT2D eigenvalue weighted by molar-refractivity contribution is 5.88. The van der Waals surface area contributed by atoms with Crippen molar-refractivity contribution in [2.75, 3.05) is 6.61 Å². The molecule has 3 aromatic carbocycles. The van der Waals surface area contributed by atoms with E-state index in [9.17, 15) is 14.7 Å². The summed E-state index contributed by atoms with van der Waals surface area (Å²) < 4.78 is 17.3. The molecule has 39 heavy (non-hydrogen) atoms. The van der Waals surface area contributed by atoms with Gasteiger partial charge in [-0.05, 0) is 68.7 Å². The van der Waals surface area contributed by atoms with Gasteiger partial charge in [0.1, 0.15) is 22.8 Å². The van der Waals surface area contributed by atoms with Gasteiger partial charge >= 0.3 is 12.1 Å². The standard InChI is InChI=1S/C31H30N2O6/c1-21-8-12-26(13-9-21)39-30(36)33(31(17-18-31)29(34)35)20-23-10-14-25(15-11-23)37-19-16-27-22(2)38-28(32-27)24-6-4-3-5-7-24/h3-15H,16-20H2,1-2H3,(H,34,35). The summed E-state index contributed by atoms with van der Waals surface area (Å²) in [5.41, 5.74) is 2.33. The number of oxazole rings is 1. The van der Waals surface area contributed by atoms with Crippen molar-refractivity contribution in [1.82, 2.24) is 9.88 Å². The molecule has 8 nitrogen and oxygen atoms in total. The van der Waals surface area contributed by atoms with Gasteiger partial charge in [-0.3, -0.25) is 4.90 Å². The summed E-state index contributed by atoms with van der Waals surface area (Å²) in [6.45, 7) is 4.35. The molecule has 0 aliphatic heterocycles. The van der Waals surface area contributed by atoms with Gasteiger partial charge in [0.15, 0.2) is 0 Å². The average molecular weight is 527 g/mol. The highest BCUT2D eigenvalue weighted by atomic mass is 16.6. The predicted molar refractivity (Wildman–Crippen MR) is 145 cm³/mol. The number of amides is 1. The van der Waals surface area contributed by atoms with Gasteiger partial charge < -0.3 is 19.0 Å². The molecule has 1 heterocycles. The Morgan fingerprint density at radius 1 is 0.949 bits per heavy atom. The van der Waals surface area contributed by atoms with Gasteiger partial charge in [-0.15, -0.1) is 0 Å². The van der Waals surface area contributed by atoms with Crippen molar-refractivity contribution in [3.63, 3.8) is 0 Å². The number of rotatable bonds is 10. The zero-order valence-electron chi connectivity index (χ0n) is 21.9. The minimum Gasteiger partial charge on any atom is -0.493 e. The maximum atomic E-state index is 13.1. The summed E-state index contributed by atoms with van der Waals surface area (Å²) in [5.74, 6) is 1.36. The van der Waals surface area contributed by atoms with E-state index in [0.717, 1.165) is 28.1 Å². The number of hydrogen-bond acceptors (Lipinski definition) is 6. The zero-order valence-corrected chi connectivity index (χ0v) is 21.9. The zero-order chi connectivity index (χ0) is 27.4. The summed E-state index contributed by atoms with van der Waals surface area (Å²) in [6, 6.07) is 24.1. The SMILES string of the molecule is Cc1ccc(OC(=O)N(Cc2ccc(OCCc3nc(-c4ccccc4)oc3C)cc2)C2(C(=O)O)CC2)cc1. The molecule has 0 saturated heterocycles. The second kappa shape index (κ2) is 11.0. The van der Waals surface area contributed by atoms with Crippen molar-refractivity contribution in [1.29, 1.82) is 0 Å². The van der Waals surface area contributed by atoms with Crippen LogP contribution in [0.4, 0.5) is 4.79 Å². The number of aliphatic carboxylic acids is 1. The molecule has 0 atom stereocenters. The van der Waals surface area contributed by atoms with Crippen molar-refractivity contribution in [3.8, 4) is 23.0 Å². The molecule has 0 spiro atoms. The van der Waals surface area contributed by atoms with Crippen LogP contribution in [-0.2, 0) is 17.8 Å². The molecule has 4 aromatic rings. The highest BCUT2D eigenvalue weighted by Gasteiger charge is 2.57. The topological polar surface area (TPSA) is 102 Å². The molecule has 1 saturated carbocycles. The third-order valence-electron chi connectivity index (χ3n) is 6.87. The molecule has 1 aliphatic rings. The number of benzene rings is 3. The minimum atomic E-state index is -1.25. The van der Waals surface area contributed by atoms with Crippen molar-refractivity contribution < 1.29 is 28.6 Å². The number of carboxylic acid groups (broad SMARTS) is 1. The van der Waals surface area contributed by atoms with Gasteiger partial charge in [0, 0.05) is 12.0 Å². The van der Waals surface area contributed by atoms with Gasteiger partial charge in [0.25, 0.3) is 0 Å². The highest BCUT2D eigenvalue weighted by Crippen LogP contribution is 2.43. The Morgan fingerprint density at radius 3 is 2.26 bits per heavy atom. The first-order valence-corrected chi connectivity index (χ1v) is 12.9. The number of hydrogen-bond donors (Lipinski definition) is 1. The first kappa shape index (κ1) is 26.0. The number of aromatic nitrogens is 1. The molecule has 8 heteroatoms. The Bertz CT molecular complexity index is 1440. The lowest BCUT2D eigenvalue weighted by Gasteiger charge is -2.28. The van der Waals surface area contributed by atoms with Crippen LogP contribution in [0.2, 0.25) is 0 Å². The van der Waals surface area contributed by atoms with Crippen molar-refractivity contribution in [2.45, 2.75) is 45.2 Å². The Labute approximate surface area is 226 Å². The summed E-state index contributed by atoms with van der Waals surface area (Å²) in [7, 11) is 0. The van der Waals surface area contributed by atoms with Gasteiger partial charge in [0.2, 0.25) is 5.89 Å². The largest absolute Gasteiger partial charge is 0.493 e. The van der Waals surface area contributed by atoms with E-state index in [4.69, 9.17) is 13.9 Å². The van der Waals surface area contributed by atoms with E-state index in [-0.39, 0.29) is 6.54 Å². The Balaban J connectivity index is 1.20. The van der Waals surface area contributed by atoms with Crippen LogP contribution in [0.25, 0.3) is 11.5 Å². The van der Waals surface area contributed by atoms with Crippen molar-refractivity contribution in [2.24, 2.45) is 0 Å². The monoisotopic (exact) mass is 526 g/mol. The number of carboxylic acids is 1. The first-order valence-electron chi connectivity index (χ1n) is 12.9. The lowest BCUT2D eigenvalue weighted by molar-refractivity contribution is -0.144. The van der Waals surface area contributed by atoms with E-state index in [1.165, 1.54) is 4.90 Å². The summed E-state index contributed by atoms with van der Waals surface area (Å²) >= 11 is 0. The van der Waals surface area contributed by atoms with Gasteiger partial charge in [-0.1, -0.05) is 48.0 Å². The van der Waals surface area contributed by atoms with Crippen LogP contribution >= 0.6 is 0 Å². The fraction of sp³-hybridized carbons (Fsp3) is 0.258. The van der Waals surface area contributed by atoms with Gasteiger partial charge in [-0.25, -0.2) is 14.6 Å². The number of carbonyl (C=O) groups is 2. The maximum absolute atomic E-state index is 13.1. The Kier molecular flexibility index (Phi) is 7.36. The average Bonchev–Trinajstić information content (AvgIpc) is 3.67. The van der Waals surface area contributed by atoms with Crippen molar-refractivity contribution >= 4 is 12.1 Å². The molecule has 1 aliphatic carbocycles. The predicted octanol–water partition coefficient (Wildman–Crippen LogP) is 6.20. The summed E-state index contributed by atoms with van der Waals surface area (Å²) in [6.07, 6.45) is 0.681. The molecule has 200 valence electrons. The molecule has 1 amide bonds. The fourth-order valence-corrected chi connectivity index (χ4v) is 4.37. The van der Waals surface area contributed by atoms with Crippen LogP contribution in [0.3, 0.4) is 0 Å². The molecule has 5 rings (SSSR count). The third-order valence-corrected chi connectivity index (χ3v) is 6.87. The molecule has 1 aromatic heterocycles. The van der Waals surface area contributed by atoms with Crippen LogP contribution < -0.4 is 9.47 Å². The lowest BCUT2D eigenvalue weighted by atomic mass is 10.1. The molecular formula is C31H30N2O6. The van der Waals surface area contributed by atoms with Crippen LogP contribution in [0.15, 0.2) is 83.3 Å². The Hall–Kier alpha value is -4.59. The molecule has 1 fully saturated rings. The van der Waals surface area contributed by atoms with E-state index in [1.807, 2.05) is 80.6 Å². The number of carbonyl (C=O) groups excluding carboxylic acids is 1. The van der Waals surface area contributed by atoms with E-state index >= 15 is 0 Å². The molecule has 0 radical (unpaired) electrons. The summed E-state index contributed by atoms with van der Waals surface area (Å²) in [5, 5.41) is 9.84. The van der Waals surface area contributed by atoms with Crippen molar-refractivity contribution in [3.05, 3.63) is 101 Å². The van der Waals surface area contributed by atoms with Crippen LogP contribution in [0.5, 0.6) is 11.5 Å². The summed E-state index contributed by atoms with van der Waals surface area (Å²) in [4.78, 5) is 31.0. The second-order valence-corrected chi connectivity index (χ2v) is 9.73.